The molecular formula is C8H12. The topological polar surface area (TPSA) is 0 Å². The predicted molar refractivity (Wildman–Crippen MR) is 32.4 cm³/mol. The summed E-state index contributed by atoms with van der Waals surface area (Å²) >= 11 is 0. The van der Waals surface area contributed by atoms with E-state index in [2.05, 4.69) is 13.8 Å². The van der Waals surface area contributed by atoms with Gasteiger partial charge in [0.2, 0.25) is 0 Å². The monoisotopic (exact) mass is 108 g/mol. The smallest absolute Gasteiger partial charge is 0.0178 e. The van der Waals surface area contributed by atoms with Gasteiger partial charge in [0.25, 0.3) is 0 Å². The minimum Gasteiger partial charge on any atom is -0.0619 e. The minimum atomic E-state index is 0.895. The van der Waals surface area contributed by atoms with E-state index in [1.54, 1.807) is 12.8 Å². The summed E-state index contributed by atoms with van der Waals surface area (Å²) in [6.45, 7) is 4.89. The molecule has 0 amide bonds. The van der Waals surface area contributed by atoms with Crippen LogP contribution in [0.3, 0.4) is 0 Å². The zero-order valence-corrected chi connectivity index (χ0v) is 5.57. The van der Waals surface area contributed by atoms with Crippen molar-refractivity contribution in [2.45, 2.75) is 26.7 Å². The van der Waals surface area contributed by atoms with Gasteiger partial charge in [-0.25, -0.2) is 0 Å². The van der Waals surface area contributed by atoms with Crippen LogP contribution in [-0.2, 0) is 0 Å². The summed E-state index contributed by atoms with van der Waals surface area (Å²) in [6.07, 6.45) is 3.13. The van der Waals surface area contributed by atoms with E-state index in [0.717, 1.165) is 16.7 Å². The summed E-state index contributed by atoms with van der Waals surface area (Å²) in [7, 11) is 0. The maximum absolute atomic E-state index is 2.47. The van der Waals surface area contributed by atoms with Gasteiger partial charge in [-0.3, -0.25) is 0 Å². The van der Waals surface area contributed by atoms with Gasteiger partial charge in [0, 0.05) is 0 Å². The van der Waals surface area contributed by atoms with Crippen molar-refractivity contribution in [1.29, 1.82) is 0 Å². The summed E-state index contributed by atoms with van der Waals surface area (Å²) in [5, 5.41) is 0. The van der Waals surface area contributed by atoms with E-state index < -0.39 is 0 Å². The van der Waals surface area contributed by atoms with Crippen molar-refractivity contribution in [3.05, 3.63) is 0 Å². The first-order valence-electron chi connectivity index (χ1n) is 3.72. The Kier molecular flexibility index (Phi) is 0.309. The molecule has 0 nitrogen and oxygen atoms in total. The first-order chi connectivity index (χ1) is 3.72. The van der Waals surface area contributed by atoms with E-state index in [-0.39, 0.29) is 0 Å². The van der Waals surface area contributed by atoms with Crippen LogP contribution in [0.15, 0.2) is 0 Å². The third-order valence-electron chi connectivity index (χ3n) is 4.20. The van der Waals surface area contributed by atoms with Crippen LogP contribution in [0.2, 0.25) is 0 Å². The first kappa shape index (κ1) is 3.92. The highest BCUT2D eigenvalue weighted by molar-refractivity contribution is 5.40. The van der Waals surface area contributed by atoms with Gasteiger partial charge in [-0.1, -0.05) is 13.8 Å². The lowest BCUT2D eigenvalue weighted by Gasteiger charge is -2.01. The maximum Gasteiger partial charge on any atom is -0.0178 e. The van der Waals surface area contributed by atoms with Crippen molar-refractivity contribution >= 4 is 0 Å². The fraction of sp³-hybridized carbons (Fsp3) is 1.00. The van der Waals surface area contributed by atoms with E-state index in [0.29, 0.717) is 0 Å². The average molecular weight is 108 g/mol. The van der Waals surface area contributed by atoms with E-state index in [9.17, 15) is 0 Å². The Labute approximate surface area is 50.3 Å². The third-order valence-corrected chi connectivity index (χ3v) is 4.20. The molecule has 3 aliphatic rings. The summed E-state index contributed by atoms with van der Waals surface area (Å²) < 4.78 is 0. The van der Waals surface area contributed by atoms with E-state index in [1.807, 2.05) is 0 Å². The molecule has 3 fully saturated rings. The molecule has 3 rings (SSSR count). The van der Waals surface area contributed by atoms with Gasteiger partial charge in [-0.15, -0.1) is 0 Å². The Morgan fingerprint density at radius 3 is 1.88 bits per heavy atom. The SMILES string of the molecule is CC1CC12C1CC12C. The van der Waals surface area contributed by atoms with Crippen molar-refractivity contribution in [3.63, 3.8) is 0 Å². The van der Waals surface area contributed by atoms with Crippen LogP contribution in [0.5, 0.6) is 0 Å². The van der Waals surface area contributed by atoms with Crippen molar-refractivity contribution in [1.82, 2.24) is 0 Å². The number of hydrogen-bond donors (Lipinski definition) is 0. The molecule has 0 bridgehead atoms. The molecule has 44 valence electrons. The summed E-state index contributed by atoms with van der Waals surface area (Å²) in [5.41, 5.74) is 1.85. The minimum absolute atomic E-state index is 0.895. The number of fused-ring (bicyclic) bond motifs is 3. The molecule has 8 heavy (non-hydrogen) atoms. The van der Waals surface area contributed by atoms with Gasteiger partial charge in [0.05, 0.1) is 0 Å². The van der Waals surface area contributed by atoms with Crippen molar-refractivity contribution in [2.75, 3.05) is 0 Å². The molecular weight excluding hydrogens is 96.1 g/mol. The van der Waals surface area contributed by atoms with Gasteiger partial charge in [0.1, 0.15) is 0 Å². The standard InChI is InChI=1S/C8H12/c1-5-3-8(5)6-4-7(6,8)2/h5-6H,3-4H2,1-2H3. The van der Waals surface area contributed by atoms with Gasteiger partial charge in [-0.2, -0.15) is 0 Å². The molecule has 0 aromatic rings. The Morgan fingerprint density at radius 2 is 1.88 bits per heavy atom. The molecule has 0 heteroatoms. The van der Waals surface area contributed by atoms with Gasteiger partial charge in [0.15, 0.2) is 0 Å². The maximum atomic E-state index is 2.47. The number of hydrogen-bond acceptors (Lipinski definition) is 0. The van der Waals surface area contributed by atoms with Crippen LogP contribution in [0.1, 0.15) is 26.7 Å². The van der Waals surface area contributed by atoms with Crippen molar-refractivity contribution in [2.24, 2.45) is 22.7 Å². The lowest BCUT2D eigenvalue weighted by molar-refractivity contribution is 0.469. The number of rotatable bonds is 0. The molecule has 4 unspecified atom stereocenters. The Morgan fingerprint density at radius 1 is 1.38 bits per heavy atom. The molecule has 4 atom stereocenters. The second kappa shape index (κ2) is 0.630. The first-order valence-corrected chi connectivity index (χ1v) is 3.72. The molecule has 3 aliphatic carbocycles. The molecule has 0 N–H and O–H groups in total. The largest absolute Gasteiger partial charge is 0.0619 e. The van der Waals surface area contributed by atoms with Crippen LogP contribution in [-0.4, -0.2) is 0 Å². The molecule has 1 spiro atoms. The summed E-state index contributed by atoms with van der Waals surface area (Å²) in [4.78, 5) is 0. The Bertz CT molecular complexity index is 173. The average Bonchev–Trinajstić information content (AvgIpc) is 2.45. The highest BCUT2D eigenvalue weighted by atomic mass is 15.0. The van der Waals surface area contributed by atoms with Gasteiger partial charge < -0.3 is 0 Å². The highest BCUT2D eigenvalue weighted by Crippen LogP contribution is 2.99. The molecule has 0 aliphatic heterocycles. The second-order valence-corrected chi connectivity index (χ2v) is 4.32. The van der Waals surface area contributed by atoms with Crippen LogP contribution in [0.25, 0.3) is 0 Å². The van der Waals surface area contributed by atoms with Crippen molar-refractivity contribution in [3.8, 4) is 0 Å². The van der Waals surface area contributed by atoms with Crippen LogP contribution in [0.4, 0.5) is 0 Å². The fourth-order valence-electron chi connectivity index (χ4n) is 3.23. The molecule has 0 aromatic carbocycles. The lowest BCUT2D eigenvalue weighted by atomic mass is 10.0. The normalized spacial score (nSPS) is 81.8. The molecule has 0 radical (unpaired) electrons. The zero-order chi connectivity index (χ0) is 5.57. The fourth-order valence-corrected chi connectivity index (χ4v) is 3.23. The van der Waals surface area contributed by atoms with Crippen LogP contribution >= 0.6 is 0 Å². The second-order valence-electron chi connectivity index (χ2n) is 4.32. The Hall–Kier alpha value is 0. The highest BCUT2D eigenvalue weighted by Gasteiger charge is 2.93. The summed E-state index contributed by atoms with van der Waals surface area (Å²) in [6, 6.07) is 0. The molecule has 3 saturated carbocycles. The third kappa shape index (κ3) is 0.156. The summed E-state index contributed by atoms with van der Waals surface area (Å²) in [5.74, 6) is 2.30. The van der Waals surface area contributed by atoms with Crippen LogP contribution in [0, 0.1) is 22.7 Å². The van der Waals surface area contributed by atoms with E-state index in [4.69, 9.17) is 0 Å². The van der Waals surface area contributed by atoms with Crippen molar-refractivity contribution < 1.29 is 0 Å². The van der Waals surface area contributed by atoms with E-state index >= 15 is 0 Å². The zero-order valence-electron chi connectivity index (χ0n) is 5.57. The van der Waals surface area contributed by atoms with Crippen LogP contribution < -0.4 is 0 Å². The predicted octanol–water partition coefficient (Wildman–Crippen LogP) is 2.05. The lowest BCUT2D eigenvalue weighted by Crippen LogP contribution is -1.95. The molecule has 0 aromatic heterocycles. The van der Waals surface area contributed by atoms with Gasteiger partial charge in [-0.05, 0) is 35.5 Å². The van der Waals surface area contributed by atoms with Gasteiger partial charge >= 0.3 is 0 Å². The molecule has 0 saturated heterocycles. The molecule has 0 heterocycles. The quantitative estimate of drug-likeness (QED) is 0.445. The Balaban J connectivity index is 2.01. The van der Waals surface area contributed by atoms with E-state index in [1.165, 1.54) is 5.92 Å².